The summed E-state index contributed by atoms with van der Waals surface area (Å²) in [4.78, 5) is 23.5. The summed E-state index contributed by atoms with van der Waals surface area (Å²) >= 11 is 0. The summed E-state index contributed by atoms with van der Waals surface area (Å²) in [5, 5.41) is 0. The van der Waals surface area contributed by atoms with Crippen molar-refractivity contribution >= 4 is 11.9 Å². The molecule has 0 aliphatic carbocycles. The van der Waals surface area contributed by atoms with Crippen LogP contribution in [0.15, 0.2) is 48.5 Å². The van der Waals surface area contributed by atoms with E-state index in [-0.39, 0.29) is 17.7 Å². The maximum absolute atomic E-state index is 11.8. The van der Waals surface area contributed by atoms with Crippen LogP contribution in [0.25, 0.3) is 0 Å². The summed E-state index contributed by atoms with van der Waals surface area (Å²) in [5.74, 6) is -0.0761. The van der Waals surface area contributed by atoms with E-state index in [1.54, 1.807) is 6.07 Å². The zero-order chi connectivity index (χ0) is 17.4. The Labute approximate surface area is 139 Å². The molecule has 0 unspecified atom stereocenters. The Morgan fingerprint density at radius 3 is 1.96 bits per heavy atom. The molecule has 0 amide bonds. The second-order valence-corrected chi connectivity index (χ2v) is 4.70. The Bertz CT molecular complexity index is 696. The van der Waals surface area contributed by atoms with E-state index in [0.29, 0.717) is 12.4 Å². The highest BCUT2D eigenvalue weighted by Crippen LogP contribution is 2.20. The van der Waals surface area contributed by atoms with Crippen molar-refractivity contribution in [2.24, 2.45) is 0 Å². The molecule has 6 heteroatoms. The number of esters is 2. The van der Waals surface area contributed by atoms with Gasteiger partial charge in [0.15, 0.2) is 0 Å². The van der Waals surface area contributed by atoms with Gasteiger partial charge in [-0.15, -0.1) is 0 Å². The Hall–Kier alpha value is -3.02. The molecule has 0 spiro atoms. The Kier molecular flexibility index (Phi) is 6.19. The van der Waals surface area contributed by atoms with E-state index in [2.05, 4.69) is 9.47 Å². The lowest BCUT2D eigenvalue weighted by atomic mass is 10.1. The molecule has 0 saturated heterocycles. The molecule has 0 N–H and O–H groups in total. The van der Waals surface area contributed by atoms with Gasteiger partial charge in [0.05, 0.1) is 25.3 Å². The van der Waals surface area contributed by atoms with Crippen molar-refractivity contribution in [3.8, 4) is 11.5 Å². The van der Waals surface area contributed by atoms with Crippen LogP contribution >= 0.6 is 0 Å². The predicted octanol–water partition coefficient (Wildman–Crippen LogP) is 2.72. The van der Waals surface area contributed by atoms with Crippen LogP contribution in [0, 0.1) is 0 Å². The van der Waals surface area contributed by atoms with E-state index in [1.165, 1.54) is 26.4 Å². The number of methoxy groups -OCH3 is 2. The van der Waals surface area contributed by atoms with Gasteiger partial charge in [0.25, 0.3) is 0 Å². The number of hydrogen-bond donors (Lipinski definition) is 0. The summed E-state index contributed by atoms with van der Waals surface area (Å²) in [6, 6.07) is 13.9. The topological polar surface area (TPSA) is 71.1 Å². The van der Waals surface area contributed by atoms with Gasteiger partial charge in [0.1, 0.15) is 24.7 Å². The normalized spacial score (nSPS) is 9.92. The maximum Gasteiger partial charge on any atom is 0.338 e. The average Bonchev–Trinajstić information content (AvgIpc) is 2.64. The third kappa shape index (κ3) is 4.49. The first-order chi connectivity index (χ1) is 11.7. The molecule has 0 aliphatic rings. The Morgan fingerprint density at radius 1 is 0.750 bits per heavy atom. The third-order valence-electron chi connectivity index (χ3n) is 3.17. The van der Waals surface area contributed by atoms with Crippen molar-refractivity contribution in [1.82, 2.24) is 0 Å². The van der Waals surface area contributed by atoms with Crippen LogP contribution in [-0.2, 0) is 9.47 Å². The predicted molar refractivity (Wildman–Crippen MR) is 86.6 cm³/mol. The van der Waals surface area contributed by atoms with Crippen molar-refractivity contribution in [2.45, 2.75) is 0 Å². The summed E-state index contributed by atoms with van der Waals surface area (Å²) < 4.78 is 20.4. The largest absolute Gasteiger partial charge is 0.490 e. The Balaban J connectivity index is 2.00. The number of para-hydroxylation sites is 1. The molecule has 2 aromatic rings. The molecule has 6 nitrogen and oxygen atoms in total. The highest BCUT2D eigenvalue weighted by atomic mass is 16.5. The van der Waals surface area contributed by atoms with Gasteiger partial charge in [-0.1, -0.05) is 18.2 Å². The van der Waals surface area contributed by atoms with Crippen molar-refractivity contribution in [2.75, 3.05) is 27.4 Å². The second kappa shape index (κ2) is 8.57. The molecule has 0 radical (unpaired) electrons. The summed E-state index contributed by atoms with van der Waals surface area (Å²) in [7, 11) is 2.49. The third-order valence-corrected chi connectivity index (χ3v) is 3.17. The molecule has 0 heterocycles. The lowest BCUT2D eigenvalue weighted by Crippen LogP contribution is -2.13. The number of carbonyl (C=O) groups is 2. The first kappa shape index (κ1) is 17.3. The summed E-state index contributed by atoms with van der Waals surface area (Å²) in [6.07, 6.45) is 0. The number of hydrogen-bond acceptors (Lipinski definition) is 6. The fraction of sp³-hybridized carbons (Fsp3) is 0.222. The van der Waals surface area contributed by atoms with Crippen molar-refractivity contribution in [1.29, 1.82) is 0 Å². The molecule has 0 fully saturated rings. The molecule has 0 atom stereocenters. The highest BCUT2D eigenvalue weighted by Gasteiger charge is 2.19. The van der Waals surface area contributed by atoms with Gasteiger partial charge in [-0.3, -0.25) is 0 Å². The first-order valence-electron chi connectivity index (χ1n) is 7.27. The van der Waals surface area contributed by atoms with Crippen LogP contribution in [0.2, 0.25) is 0 Å². The minimum absolute atomic E-state index is 0.0887. The van der Waals surface area contributed by atoms with E-state index in [0.717, 1.165) is 5.75 Å². The van der Waals surface area contributed by atoms with Crippen LogP contribution < -0.4 is 9.47 Å². The molecule has 0 aliphatic heterocycles. The first-order valence-corrected chi connectivity index (χ1v) is 7.27. The van der Waals surface area contributed by atoms with Crippen LogP contribution in [0.5, 0.6) is 11.5 Å². The molecule has 2 rings (SSSR count). The lowest BCUT2D eigenvalue weighted by Gasteiger charge is -2.11. The molecular formula is C18H18O6. The monoisotopic (exact) mass is 330 g/mol. The van der Waals surface area contributed by atoms with Crippen molar-refractivity contribution in [3.05, 3.63) is 59.7 Å². The maximum atomic E-state index is 11.8. The molecule has 0 aromatic heterocycles. The second-order valence-electron chi connectivity index (χ2n) is 4.70. The Morgan fingerprint density at radius 2 is 1.33 bits per heavy atom. The van der Waals surface area contributed by atoms with Gasteiger partial charge in [0.2, 0.25) is 0 Å². The fourth-order valence-electron chi connectivity index (χ4n) is 2.02. The van der Waals surface area contributed by atoms with Gasteiger partial charge in [-0.2, -0.15) is 0 Å². The zero-order valence-corrected chi connectivity index (χ0v) is 13.5. The van der Waals surface area contributed by atoms with Gasteiger partial charge in [-0.25, -0.2) is 9.59 Å². The van der Waals surface area contributed by atoms with Gasteiger partial charge in [-0.05, 0) is 30.3 Å². The molecule has 0 bridgehead atoms. The van der Waals surface area contributed by atoms with E-state index in [1.807, 2.05) is 30.3 Å². The fourth-order valence-corrected chi connectivity index (χ4v) is 2.02. The van der Waals surface area contributed by atoms with E-state index >= 15 is 0 Å². The number of ether oxygens (including phenoxy) is 4. The van der Waals surface area contributed by atoms with E-state index in [4.69, 9.17) is 9.47 Å². The summed E-state index contributed by atoms with van der Waals surface area (Å²) in [6.45, 7) is 0.628. The number of benzene rings is 2. The molecule has 24 heavy (non-hydrogen) atoms. The lowest BCUT2D eigenvalue weighted by molar-refractivity contribution is 0.0555. The zero-order valence-electron chi connectivity index (χ0n) is 13.5. The van der Waals surface area contributed by atoms with Crippen LogP contribution in [0.3, 0.4) is 0 Å². The van der Waals surface area contributed by atoms with Gasteiger partial charge in [0, 0.05) is 0 Å². The average molecular weight is 330 g/mol. The summed E-state index contributed by atoms with van der Waals surface area (Å²) in [5.41, 5.74) is 0.211. The van der Waals surface area contributed by atoms with Gasteiger partial charge < -0.3 is 18.9 Å². The van der Waals surface area contributed by atoms with Crippen LogP contribution in [0.4, 0.5) is 0 Å². The van der Waals surface area contributed by atoms with Crippen molar-refractivity contribution < 1.29 is 28.5 Å². The quantitative estimate of drug-likeness (QED) is 0.574. The smallest absolute Gasteiger partial charge is 0.338 e. The van der Waals surface area contributed by atoms with E-state index in [9.17, 15) is 9.59 Å². The van der Waals surface area contributed by atoms with Crippen LogP contribution in [0.1, 0.15) is 20.7 Å². The standard InChI is InChI=1S/C18H18O6/c1-21-17(19)15-9-8-14(12-16(15)18(20)22-2)24-11-10-23-13-6-4-3-5-7-13/h3-9,12H,10-11H2,1-2H3. The van der Waals surface area contributed by atoms with Crippen LogP contribution in [-0.4, -0.2) is 39.4 Å². The number of rotatable bonds is 7. The molecular weight excluding hydrogens is 312 g/mol. The molecule has 2 aromatic carbocycles. The van der Waals surface area contributed by atoms with Crippen molar-refractivity contribution in [3.63, 3.8) is 0 Å². The number of carbonyl (C=O) groups excluding carboxylic acids is 2. The SMILES string of the molecule is COC(=O)c1ccc(OCCOc2ccccc2)cc1C(=O)OC. The molecule has 0 saturated carbocycles. The minimum atomic E-state index is -0.638. The van der Waals surface area contributed by atoms with E-state index < -0.39 is 11.9 Å². The highest BCUT2D eigenvalue weighted by molar-refractivity contribution is 6.03. The minimum Gasteiger partial charge on any atom is -0.490 e. The van der Waals surface area contributed by atoms with Gasteiger partial charge >= 0.3 is 11.9 Å². The molecule has 126 valence electrons.